The molecule has 6 heteroatoms. The highest BCUT2D eigenvalue weighted by atomic mass is 16.2. The Labute approximate surface area is 160 Å². The van der Waals surface area contributed by atoms with Crippen molar-refractivity contribution in [3.63, 3.8) is 0 Å². The maximum atomic E-state index is 13.5. The highest BCUT2D eigenvalue weighted by molar-refractivity contribution is 5.84. The molecule has 1 aromatic rings. The van der Waals surface area contributed by atoms with E-state index >= 15 is 0 Å². The average Bonchev–Trinajstić information content (AvgIpc) is 3.38. The van der Waals surface area contributed by atoms with Crippen molar-refractivity contribution >= 4 is 11.7 Å². The Bertz CT molecular complexity index is 768. The van der Waals surface area contributed by atoms with E-state index < -0.39 is 0 Å². The van der Waals surface area contributed by atoms with Crippen LogP contribution in [0.2, 0.25) is 0 Å². The first-order chi connectivity index (χ1) is 13.2. The van der Waals surface area contributed by atoms with Crippen LogP contribution in [0.1, 0.15) is 57.1 Å². The number of carbonyl (C=O) groups excluding carboxylic acids is 1. The van der Waals surface area contributed by atoms with Gasteiger partial charge in [-0.1, -0.05) is 31.7 Å². The van der Waals surface area contributed by atoms with E-state index in [1.807, 2.05) is 6.07 Å². The molecule has 6 nitrogen and oxygen atoms in total. The molecule has 3 N–H and O–H groups in total. The lowest BCUT2D eigenvalue weighted by Gasteiger charge is -2.33. The maximum absolute atomic E-state index is 13.5. The molecule has 1 fully saturated rings. The number of nitrogens with one attached hydrogen (secondary N) is 3. The number of pyridine rings is 1. The number of aromatic nitrogens is 1. The van der Waals surface area contributed by atoms with Gasteiger partial charge in [0.25, 0.3) is 0 Å². The van der Waals surface area contributed by atoms with Crippen LogP contribution >= 0.6 is 0 Å². The summed E-state index contributed by atoms with van der Waals surface area (Å²) in [5.74, 6) is 1.29. The lowest BCUT2D eigenvalue weighted by Crippen LogP contribution is -2.47. The van der Waals surface area contributed by atoms with Crippen LogP contribution < -0.4 is 16.2 Å². The molecule has 3 aliphatic heterocycles. The molecular weight excluding hydrogens is 338 g/mol. The number of hydrogen-bond donors (Lipinski definition) is 3. The standard InChI is InChI=1S/C21H29N5O/c27-20-21(11-4-5-12-21)10-3-1-2-7-15-8-6-9-18(22-15)23-19-16-13-26(20)14-17(16)24-25-19/h6,8-9,19,24-25H,1-5,7,10-14H2,(H,22,23). The van der Waals surface area contributed by atoms with Gasteiger partial charge in [0.1, 0.15) is 12.0 Å². The summed E-state index contributed by atoms with van der Waals surface area (Å²) in [6.45, 7) is 1.42. The molecule has 1 aliphatic carbocycles. The molecule has 1 spiro atoms. The van der Waals surface area contributed by atoms with Gasteiger partial charge in [0.15, 0.2) is 0 Å². The molecular formula is C21H29N5O. The van der Waals surface area contributed by atoms with Gasteiger partial charge in [-0.2, -0.15) is 0 Å². The lowest BCUT2D eigenvalue weighted by atomic mass is 9.79. The van der Waals surface area contributed by atoms with E-state index in [0.717, 1.165) is 55.7 Å². The maximum Gasteiger partial charge on any atom is 0.229 e. The number of nitrogens with zero attached hydrogens (tertiary/aromatic N) is 2. The zero-order chi connectivity index (χ0) is 18.3. The van der Waals surface area contributed by atoms with Gasteiger partial charge < -0.3 is 15.6 Å². The van der Waals surface area contributed by atoms with Crippen molar-refractivity contribution in [3.05, 3.63) is 35.2 Å². The zero-order valence-corrected chi connectivity index (χ0v) is 15.9. The predicted octanol–water partition coefficient (Wildman–Crippen LogP) is 2.70. The van der Waals surface area contributed by atoms with Crippen molar-refractivity contribution in [1.29, 1.82) is 0 Å². The summed E-state index contributed by atoms with van der Waals surface area (Å²) in [5.41, 5.74) is 10.0. The molecule has 0 aromatic carbocycles. The molecule has 0 radical (unpaired) electrons. The molecule has 1 atom stereocenters. The number of anilines is 1. The molecule has 144 valence electrons. The number of hydrazine groups is 1. The number of fused-ring (bicyclic) bond motifs is 3. The topological polar surface area (TPSA) is 69.3 Å². The molecule has 4 aliphatic rings. The molecule has 4 heterocycles. The monoisotopic (exact) mass is 367 g/mol. The van der Waals surface area contributed by atoms with Gasteiger partial charge in [0.2, 0.25) is 5.91 Å². The fraction of sp³-hybridized carbons (Fsp3) is 0.619. The zero-order valence-electron chi connectivity index (χ0n) is 15.9. The molecule has 5 rings (SSSR count). The minimum absolute atomic E-state index is 0.00907. The van der Waals surface area contributed by atoms with Crippen molar-refractivity contribution in [2.45, 2.75) is 64.0 Å². The van der Waals surface area contributed by atoms with E-state index in [2.05, 4.69) is 33.2 Å². The van der Waals surface area contributed by atoms with Crippen LogP contribution in [0.3, 0.4) is 0 Å². The second-order valence-electron chi connectivity index (χ2n) is 8.57. The number of aryl methyl sites for hydroxylation is 1. The molecule has 1 aromatic heterocycles. The van der Waals surface area contributed by atoms with Gasteiger partial charge in [-0.15, -0.1) is 0 Å². The van der Waals surface area contributed by atoms with Crippen LogP contribution in [-0.4, -0.2) is 35.0 Å². The van der Waals surface area contributed by atoms with Gasteiger partial charge in [-0.05, 0) is 44.2 Å². The third-order valence-corrected chi connectivity index (χ3v) is 6.80. The first-order valence-corrected chi connectivity index (χ1v) is 10.5. The summed E-state index contributed by atoms with van der Waals surface area (Å²) in [5, 5.41) is 3.50. The van der Waals surface area contributed by atoms with Crippen molar-refractivity contribution in [2.24, 2.45) is 5.41 Å². The Kier molecular flexibility index (Phi) is 4.31. The Hall–Kier alpha value is -2.08. The molecule has 27 heavy (non-hydrogen) atoms. The van der Waals surface area contributed by atoms with Gasteiger partial charge in [0, 0.05) is 23.2 Å². The smallest absolute Gasteiger partial charge is 0.229 e. The SMILES string of the molecule is O=C1N2CC3=C(C2)C(NN3)Nc2cccc(n2)CCCCCC12CCCC2. The van der Waals surface area contributed by atoms with E-state index in [9.17, 15) is 4.79 Å². The van der Waals surface area contributed by atoms with Crippen LogP contribution in [-0.2, 0) is 11.2 Å². The van der Waals surface area contributed by atoms with Gasteiger partial charge >= 0.3 is 0 Å². The van der Waals surface area contributed by atoms with E-state index in [1.54, 1.807) is 0 Å². The summed E-state index contributed by atoms with van der Waals surface area (Å²) >= 11 is 0. The number of carbonyl (C=O) groups is 1. The van der Waals surface area contributed by atoms with E-state index in [0.29, 0.717) is 19.0 Å². The molecule has 0 saturated heterocycles. The van der Waals surface area contributed by atoms with Gasteiger partial charge in [0.05, 0.1) is 12.2 Å². The number of rotatable bonds is 0. The van der Waals surface area contributed by atoms with Crippen LogP contribution in [0.25, 0.3) is 0 Å². The molecule has 1 amide bonds. The van der Waals surface area contributed by atoms with Crippen molar-refractivity contribution in [3.8, 4) is 0 Å². The number of amides is 1. The Morgan fingerprint density at radius 3 is 2.70 bits per heavy atom. The van der Waals surface area contributed by atoms with E-state index in [1.165, 1.54) is 24.8 Å². The first kappa shape index (κ1) is 17.0. The van der Waals surface area contributed by atoms with E-state index in [4.69, 9.17) is 4.98 Å². The van der Waals surface area contributed by atoms with Gasteiger partial charge in [-0.3, -0.25) is 4.79 Å². The quantitative estimate of drug-likeness (QED) is 0.658. The van der Waals surface area contributed by atoms with Crippen molar-refractivity contribution in [1.82, 2.24) is 20.7 Å². The highest BCUT2D eigenvalue weighted by Gasteiger charge is 2.45. The fourth-order valence-corrected chi connectivity index (χ4v) is 5.30. The second-order valence-corrected chi connectivity index (χ2v) is 8.57. The minimum Gasteiger partial charge on any atom is -0.350 e. The fourth-order valence-electron chi connectivity index (χ4n) is 5.30. The van der Waals surface area contributed by atoms with Crippen LogP contribution in [0.15, 0.2) is 29.5 Å². The summed E-state index contributed by atoms with van der Waals surface area (Å²) in [6.07, 6.45) is 10.1. The summed E-state index contributed by atoms with van der Waals surface area (Å²) in [7, 11) is 0. The van der Waals surface area contributed by atoms with Crippen LogP contribution in [0.5, 0.6) is 0 Å². The number of hydrogen-bond acceptors (Lipinski definition) is 5. The summed E-state index contributed by atoms with van der Waals surface area (Å²) < 4.78 is 0. The molecule has 1 unspecified atom stereocenters. The van der Waals surface area contributed by atoms with Crippen molar-refractivity contribution < 1.29 is 4.79 Å². The minimum atomic E-state index is -0.105. The Morgan fingerprint density at radius 2 is 1.85 bits per heavy atom. The predicted molar refractivity (Wildman–Crippen MR) is 105 cm³/mol. The van der Waals surface area contributed by atoms with E-state index in [-0.39, 0.29) is 11.6 Å². The lowest BCUT2D eigenvalue weighted by molar-refractivity contribution is -0.141. The average molecular weight is 367 g/mol. The molecule has 4 bridgehead atoms. The third kappa shape index (κ3) is 3.10. The normalized spacial score (nSPS) is 27.3. The highest BCUT2D eigenvalue weighted by Crippen LogP contribution is 2.45. The Balaban J connectivity index is 1.43. The first-order valence-electron chi connectivity index (χ1n) is 10.5. The van der Waals surface area contributed by atoms with Crippen LogP contribution in [0.4, 0.5) is 5.82 Å². The molecule has 1 saturated carbocycles. The summed E-state index contributed by atoms with van der Waals surface area (Å²) in [6, 6.07) is 6.22. The van der Waals surface area contributed by atoms with Crippen LogP contribution in [0, 0.1) is 5.41 Å². The third-order valence-electron chi connectivity index (χ3n) is 6.80. The Morgan fingerprint density at radius 1 is 1.04 bits per heavy atom. The summed E-state index contributed by atoms with van der Waals surface area (Å²) in [4.78, 5) is 20.4. The second kappa shape index (κ2) is 6.82. The van der Waals surface area contributed by atoms with Crippen molar-refractivity contribution in [2.75, 3.05) is 18.4 Å². The largest absolute Gasteiger partial charge is 0.350 e. The van der Waals surface area contributed by atoms with Gasteiger partial charge in [-0.25, -0.2) is 10.4 Å².